The standard InChI is InChI=1S/C40H22N4O2/c1-2-8-24-19-26(16-15-23(24)7-1)38-42-39(29-10-5-13-33-36(29)28-9-3-4-12-32(28)45-33)44-40(43-38)30-11-6-14-34-37(30)31-20-25-17-18-41-22-27(25)21-35(31)46-34/h1-22H. The molecule has 6 nitrogen and oxygen atoms in total. The monoisotopic (exact) mass is 590 g/mol. The minimum Gasteiger partial charge on any atom is -0.456 e. The number of aromatic nitrogens is 4. The highest BCUT2D eigenvalue weighted by Gasteiger charge is 2.20. The summed E-state index contributed by atoms with van der Waals surface area (Å²) in [5.41, 5.74) is 5.85. The van der Waals surface area contributed by atoms with Crippen LogP contribution in [0.2, 0.25) is 0 Å². The van der Waals surface area contributed by atoms with Crippen LogP contribution in [0.4, 0.5) is 0 Å². The molecule has 0 fully saturated rings. The summed E-state index contributed by atoms with van der Waals surface area (Å²) in [6.45, 7) is 0. The molecule has 0 aliphatic heterocycles. The van der Waals surface area contributed by atoms with Gasteiger partial charge in [0.15, 0.2) is 17.5 Å². The Hall–Kier alpha value is -6.40. The first-order valence-corrected chi connectivity index (χ1v) is 15.1. The number of hydrogen-bond acceptors (Lipinski definition) is 6. The molecule has 10 rings (SSSR count). The summed E-state index contributed by atoms with van der Waals surface area (Å²) < 4.78 is 12.6. The van der Waals surface area contributed by atoms with E-state index < -0.39 is 0 Å². The van der Waals surface area contributed by atoms with Gasteiger partial charge in [0.25, 0.3) is 0 Å². The zero-order valence-corrected chi connectivity index (χ0v) is 24.3. The van der Waals surface area contributed by atoms with Gasteiger partial charge in [0.2, 0.25) is 0 Å². The lowest BCUT2D eigenvalue weighted by Crippen LogP contribution is -2.00. The van der Waals surface area contributed by atoms with Crippen molar-refractivity contribution < 1.29 is 8.83 Å². The fourth-order valence-corrected chi connectivity index (χ4v) is 6.63. The van der Waals surface area contributed by atoms with Gasteiger partial charge in [0.05, 0.1) is 0 Å². The third-order valence-electron chi connectivity index (χ3n) is 8.78. The third kappa shape index (κ3) is 3.77. The molecule has 0 radical (unpaired) electrons. The SMILES string of the molecule is c1ccc2cc(-c3nc(-c4cccc5oc6ccccc6c45)nc(-c4cccc5oc6cc7cnccc7cc6c45)n3)ccc2c1. The Morgan fingerprint density at radius 3 is 1.89 bits per heavy atom. The second kappa shape index (κ2) is 9.55. The molecule has 0 aliphatic carbocycles. The van der Waals surface area contributed by atoms with Gasteiger partial charge in [0, 0.05) is 56.0 Å². The van der Waals surface area contributed by atoms with Crippen molar-refractivity contribution in [2.45, 2.75) is 0 Å². The molecule has 0 amide bonds. The Bertz CT molecular complexity index is 2830. The maximum atomic E-state index is 6.38. The summed E-state index contributed by atoms with van der Waals surface area (Å²) >= 11 is 0. The van der Waals surface area contributed by atoms with Crippen LogP contribution in [0, 0.1) is 0 Å². The van der Waals surface area contributed by atoms with E-state index in [-0.39, 0.29) is 0 Å². The lowest BCUT2D eigenvalue weighted by Gasteiger charge is -2.10. The highest BCUT2D eigenvalue weighted by atomic mass is 16.3. The molecule has 4 heterocycles. The van der Waals surface area contributed by atoms with Gasteiger partial charge in [0.1, 0.15) is 22.3 Å². The van der Waals surface area contributed by atoms with Crippen molar-refractivity contribution in [3.8, 4) is 34.2 Å². The summed E-state index contributed by atoms with van der Waals surface area (Å²) in [5, 5.41) is 8.36. The largest absolute Gasteiger partial charge is 0.456 e. The Labute approximate surface area is 261 Å². The predicted octanol–water partition coefficient (Wildman–Crippen LogP) is 10.4. The van der Waals surface area contributed by atoms with Gasteiger partial charge in [-0.15, -0.1) is 0 Å². The minimum absolute atomic E-state index is 0.570. The number of para-hydroxylation sites is 1. The third-order valence-corrected chi connectivity index (χ3v) is 8.78. The van der Waals surface area contributed by atoms with E-state index in [0.29, 0.717) is 17.5 Å². The van der Waals surface area contributed by atoms with Crippen LogP contribution in [0.15, 0.2) is 143 Å². The molecule has 6 heteroatoms. The molecule has 46 heavy (non-hydrogen) atoms. The molecule has 0 saturated carbocycles. The summed E-state index contributed by atoms with van der Waals surface area (Å²) in [4.78, 5) is 19.7. The molecule has 214 valence electrons. The molecule has 0 bridgehead atoms. The zero-order chi connectivity index (χ0) is 30.2. The summed E-state index contributed by atoms with van der Waals surface area (Å²) in [6.07, 6.45) is 3.67. The van der Waals surface area contributed by atoms with E-state index in [4.69, 9.17) is 23.8 Å². The van der Waals surface area contributed by atoms with Crippen LogP contribution in [0.5, 0.6) is 0 Å². The van der Waals surface area contributed by atoms with Gasteiger partial charge in [-0.25, -0.2) is 15.0 Å². The van der Waals surface area contributed by atoms with Gasteiger partial charge < -0.3 is 8.83 Å². The van der Waals surface area contributed by atoms with E-state index in [1.54, 1.807) is 0 Å². The Morgan fingerprint density at radius 1 is 0.413 bits per heavy atom. The lowest BCUT2D eigenvalue weighted by atomic mass is 10.0. The van der Waals surface area contributed by atoms with Gasteiger partial charge in [-0.1, -0.05) is 78.9 Å². The molecule has 0 unspecified atom stereocenters. The highest BCUT2D eigenvalue weighted by Crippen LogP contribution is 2.40. The minimum atomic E-state index is 0.570. The average Bonchev–Trinajstić information content (AvgIpc) is 3.68. The summed E-state index contributed by atoms with van der Waals surface area (Å²) in [6, 6.07) is 41.0. The summed E-state index contributed by atoms with van der Waals surface area (Å²) in [5.74, 6) is 1.74. The number of hydrogen-bond donors (Lipinski definition) is 0. The fourth-order valence-electron chi connectivity index (χ4n) is 6.63. The van der Waals surface area contributed by atoms with Crippen molar-refractivity contribution >= 4 is 65.4 Å². The van der Waals surface area contributed by atoms with Crippen LogP contribution in [-0.2, 0) is 0 Å². The second-order valence-electron chi connectivity index (χ2n) is 11.5. The summed E-state index contributed by atoms with van der Waals surface area (Å²) in [7, 11) is 0. The van der Waals surface area contributed by atoms with Crippen LogP contribution in [0.3, 0.4) is 0 Å². The smallest absolute Gasteiger partial charge is 0.164 e. The Kier molecular flexibility index (Phi) is 5.19. The maximum absolute atomic E-state index is 6.38. The zero-order valence-electron chi connectivity index (χ0n) is 24.3. The molecular weight excluding hydrogens is 568 g/mol. The molecule has 0 aliphatic rings. The molecule has 0 spiro atoms. The molecule has 0 atom stereocenters. The van der Waals surface area contributed by atoms with Gasteiger partial charge >= 0.3 is 0 Å². The first kappa shape index (κ1) is 25.0. The number of fused-ring (bicyclic) bond motifs is 8. The second-order valence-corrected chi connectivity index (χ2v) is 11.5. The van der Waals surface area contributed by atoms with Crippen LogP contribution in [0.25, 0.3) is 99.6 Å². The van der Waals surface area contributed by atoms with Crippen LogP contribution in [0.1, 0.15) is 0 Å². The normalized spacial score (nSPS) is 11.9. The van der Waals surface area contributed by atoms with Crippen molar-refractivity contribution in [1.29, 1.82) is 0 Å². The quantitative estimate of drug-likeness (QED) is 0.204. The average molecular weight is 591 g/mol. The number of pyridine rings is 1. The first-order valence-electron chi connectivity index (χ1n) is 15.1. The van der Waals surface area contributed by atoms with E-state index in [9.17, 15) is 0 Å². The van der Waals surface area contributed by atoms with E-state index >= 15 is 0 Å². The lowest BCUT2D eigenvalue weighted by molar-refractivity contribution is 0.669. The van der Waals surface area contributed by atoms with Gasteiger partial charge in [-0.05, 0) is 58.6 Å². The topological polar surface area (TPSA) is 77.8 Å². The number of nitrogens with zero attached hydrogens (tertiary/aromatic N) is 4. The molecule has 0 saturated heterocycles. The van der Waals surface area contributed by atoms with Crippen LogP contribution in [-0.4, -0.2) is 19.9 Å². The molecular formula is C40H22N4O2. The molecule has 6 aromatic carbocycles. The number of rotatable bonds is 3. The van der Waals surface area contributed by atoms with Crippen LogP contribution < -0.4 is 0 Å². The van der Waals surface area contributed by atoms with Gasteiger partial charge in [-0.3, -0.25) is 4.98 Å². The van der Waals surface area contributed by atoms with E-state index in [2.05, 4.69) is 59.6 Å². The fraction of sp³-hybridized carbons (Fsp3) is 0. The first-order chi connectivity index (χ1) is 22.8. The van der Waals surface area contributed by atoms with E-state index in [1.807, 2.05) is 79.1 Å². The van der Waals surface area contributed by atoms with Crippen molar-refractivity contribution in [1.82, 2.24) is 19.9 Å². The van der Waals surface area contributed by atoms with Crippen molar-refractivity contribution in [3.63, 3.8) is 0 Å². The highest BCUT2D eigenvalue weighted by molar-refractivity contribution is 6.15. The number of furan rings is 2. The van der Waals surface area contributed by atoms with E-state index in [0.717, 1.165) is 82.1 Å². The van der Waals surface area contributed by atoms with Crippen molar-refractivity contribution in [3.05, 3.63) is 134 Å². The molecule has 10 aromatic rings. The van der Waals surface area contributed by atoms with Crippen LogP contribution >= 0.6 is 0 Å². The molecule has 0 N–H and O–H groups in total. The number of benzene rings is 6. The maximum Gasteiger partial charge on any atom is 0.164 e. The van der Waals surface area contributed by atoms with E-state index in [1.165, 1.54) is 0 Å². The molecule has 4 aromatic heterocycles. The van der Waals surface area contributed by atoms with Gasteiger partial charge in [-0.2, -0.15) is 0 Å². The predicted molar refractivity (Wildman–Crippen MR) is 183 cm³/mol. The van der Waals surface area contributed by atoms with Crippen molar-refractivity contribution in [2.24, 2.45) is 0 Å². The Balaban J connectivity index is 1.28. The van der Waals surface area contributed by atoms with Crippen molar-refractivity contribution in [2.75, 3.05) is 0 Å². The Morgan fingerprint density at radius 2 is 1.07 bits per heavy atom.